The van der Waals surface area contributed by atoms with Gasteiger partial charge in [0.15, 0.2) is 11.5 Å². The van der Waals surface area contributed by atoms with Crippen LogP contribution in [-0.2, 0) is 0 Å². The molecule has 4 rings (SSSR count). The lowest BCUT2D eigenvalue weighted by molar-refractivity contribution is 0.0760. The molecule has 0 spiro atoms. The Morgan fingerprint density at radius 3 is 2.65 bits per heavy atom. The van der Waals surface area contributed by atoms with Gasteiger partial charge in [-0.05, 0) is 29.8 Å². The van der Waals surface area contributed by atoms with Gasteiger partial charge in [-0.1, -0.05) is 24.3 Å². The molecule has 23 heavy (non-hydrogen) atoms. The fourth-order valence-electron chi connectivity index (χ4n) is 2.91. The van der Waals surface area contributed by atoms with E-state index in [9.17, 15) is 4.79 Å². The summed E-state index contributed by atoms with van der Waals surface area (Å²) in [4.78, 5) is 14.7. The molecule has 1 amide bonds. The molecule has 2 aromatic rings. The van der Waals surface area contributed by atoms with Crippen LogP contribution in [0.15, 0.2) is 48.5 Å². The third kappa shape index (κ3) is 2.77. The zero-order valence-electron chi connectivity index (χ0n) is 12.6. The van der Waals surface area contributed by atoms with Gasteiger partial charge in [-0.15, -0.1) is 11.8 Å². The minimum absolute atomic E-state index is 0.0264. The zero-order chi connectivity index (χ0) is 15.6. The van der Waals surface area contributed by atoms with Gasteiger partial charge < -0.3 is 14.4 Å². The third-order valence-corrected chi connectivity index (χ3v) is 5.28. The maximum absolute atomic E-state index is 12.8. The van der Waals surface area contributed by atoms with Gasteiger partial charge in [0, 0.05) is 17.9 Å². The Labute approximate surface area is 139 Å². The number of nitrogens with zero attached hydrogens (tertiary/aromatic N) is 1. The number of hydrogen-bond donors (Lipinski definition) is 0. The van der Waals surface area contributed by atoms with Crippen molar-refractivity contribution in [2.75, 3.05) is 25.5 Å². The lowest BCUT2D eigenvalue weighted by Crippen LogP contribution is -2.30. The van der Waals surface area contributed by atoms with E-state index in [0.717, 1.165) is 34.9 Å². The predicted molar refractivity (Wildman–Crippen MR) is 90.1 cm³/mol. The Morgan fingerprint density at radius 1 is 1.04 bits per heavy atom. The van der Waals surface area contributed by atoms with E-state index in [1.54, 1.807) is 11.8 Å². The normalized spacial score (nSPS) is 19.7. The second-order valence-electron chi connectivity index (χ2n) is 5.49. The van der Waals surface area contributed by atoms with E-state index < -0.39 is 0 Å². The van der Waals surface area contributed by atoms with Gasteiger partial charge in [0.05, 0.1) is 0 Å². The van der Waals surface area contributed by atoms with Crippen molar-refractivity contribution in [3.05, 3.63) is 59.7 Å². The molecule has 0 aliphatic carbocycles. The van der Waals surface area contributed by atoms with Crippen molar-refractivity contribution in [2.45, 2.75) is 5.37 Å². The highest BCUT2D eigenvalue weighted by Gasteiger charge is 2.32. The van der Waals surface area contributed by atoms with Gasteiger partial charge in [0.25, 0.3) is 5.91 Å². The van der Waals surface area contributed by atoms with E-state index in [1.165, 1.54) is 0 Å². The summed E-state index contributed by atoms with van der Waals surface area (Å²) < 4.78 is 11.2. The minimum Gasteiger partial charge on any atom is -0.486 e. The number of thioether (sulfide) groups is 1. The number of amides is 1. The van der Waals surface area contributed by atoms with Crippen LogP contribution >= 0.6 is 11.8 Å². The van der Waals surface area contributed by atoms with E-state index in [2.05, 4.69) is 0 Å². The van der Waals surface area contributed by atoms with Gasteiger partial charge in [0.2, 0.25) is 0 Å². The monoisotopic (exact) mass is 327 g/mol. The van der Waals surface area contributed by atoms with Crippen LogP contribution in [0.3, 0.4) is 0 Å². The number of carbonyl (C=O) groups excluding carboxylic acids is 1. The molecule has 0 radical (unpaired) electrons. The molecular formula is C18H17NO3S. The summed E-state index contributed by atoms with van der Waals surface area (Å²) in [5.74, 6) is 2.57. The van der Waals surface area contributed by atoms with Crippen molar-refractivity contribution in [2.24, 2.45) is 0 Å². The largest absolute Gasteiger partial charge is 0.486 e. The predicted octanol–water partition coefficient (Wildman–Crippen LogP) is 3.35. The maximum atomic E-state index is 12.8. The van der Waals surface area contributed by atoms with Gasteiger partial charge >= 0.3 is 0 Å². The van der Waals surface area contributed by atoms with Crippen LogP contribution in [0.4, 0.5) is 0 Å². The molecule has 2 aliphatic rings. The van der Waals surface area contributed by atoms with Crippen LogP contribution in [0.5, 0.6) is 11.5 Å². The number of rotatable bonds is 2. The van der Waals surface area contributed by atoms with Gasteiger partial charge in [0.1, 0.15) is 18.6 Å². The first-order valence-corrected chi connectivity index (χ1v) is 8.75. The van der Waals surface area contributed by atoms with E-state index in [1.807, 2.05) is 53.4 Å². The van der Waals surface area contributed by atoms with Gasteiger partial charge in [-0.3, -0.25) is 4.79 Å². The summed E-state index contributed by atoms with van der Waals surface area (Å²) in [5.41, 5.74) is 1.82. The van der Waals surface area contributed by atoms with Crippen molar-refractivity contribution in [1.82, 2.24) is 4.90 Å². The molecule has 4 nitrogen and oxygen atoms in total. The second-order valence-corrected chi connectivity index (χ2v) is 6.68. The molecule has 0 N–H and O–H groups in total. The molecule has 0 saturated carbocycles. The Bertz CT molecular complexity index is 719. The highest BCUT2D eigenvalue weighted by atomic mass is 32.2. The van der Waals surface area contributed by atoms with Crippen molar-refractivity contribution in [1.29, 1.82) is 0 Å². The standard InChI is InChI=1S/C18H17NO3S/c20-17(13-4-2-1-3-5-13)19-8-11-23-18(19)14-6-7-15-16(12-14)22-10-9-21-15/h1-7,12,18H,8-11H2/t18-/m0/s1. The topological polar surface area (TPSA) is 38.8 Å². The molecule has 0 unspecified atom stereocenters. The molecule has 1 fully saturated rings. The molecular weight excluding hydrogens is 310 g/mol. The second kappa shape index (κ2) is 6.16. The van der Waals surface area contributed by atoms with E-state index >= 15 is 0 Å². The van der Waals surface area contributed by atoms with Crippen LogP contribution in [-0.4, -0.2) is 36.3 Å². The summed E-state index contributed by atoms with van der Waals surface area (Å²) in [6.07, 6.45) is 0. The third-order valence-electron chi connectivity index (χ3n) is 4.02. The van der Waals surface area contributed by atoms with Crippen LogP contribution < -0.4 is 9.47 Å². The molecule has 5 heteroatoms. The first kappa shape index (κ1) is 14.5. The molecule has 2 aliphatic heterocycles. The Kier molecular flexibility index (Phi) is 3.87. The average molecular weight is 327 g/mol. The van der Waals surface area contributed by atoms with E-state index in [0.29, 0.717) is 13.2 Å². The molecule has 118 valence electrons. The van der Waals surface area contributed by atoms with Crippen molar-refractivity contribution in [3.63, 3.8) is 0 Å². The summed E-state index contributed by atoms with van der Waals surface area (Å²) in [6.45, 7) is 1.92. The SMILES string of the molecule is O=C(c1ccccc1)N1CCS[C@H]1c1ccc2c(c1)OCCO2. The Morgan fingerprint density at radius 2 is 1.83 bits per heavy atom. The Hall–Kier alpha value is -2.14. The molecule has 2 aromatic carbocycles. The minimum atomic E-state index is 0.0264. The van der Waals surface area contributed by atoms with Crippen LogP contribution in [0, 0.1) is 0 Å². The molecule has 2 heterocycles. The molecule has 1 atom stereocenters. The molecule has 0 aromatic heterocycles. The summed E-state index contributed by atoms with van der Waals surface area (Å²) in [5, 5.41) is 0.0264. The summed E-state index contributed by atoms with van der Waals surface area (Å²) in [7, 11) is 0. The number of hydrogen-bond acceptors (Lipinski definition) is 4. The van der Waals surface area contributed by atoms with Crippen LogP contribution in [0.25, 0.3) is 0 Å². The van der Waals surface area contributed by atoms with Crippen LogP contribution in [0.2, 0.25) is 0 Å². The molecule has 0 bridgehead atoms. The highest BCUT2D eigenvalue weighted by molar-refractivity contribution is 7.99. The quantitative estimate of drug-likeness (QED) is 0.848. The number of benzene rings is 2. The summed E-state index contributed by atoms with van der Waals surface area (Å²) in [6, 6.07) is 15.4. The first-order chi connectivity index (χ1) is 11.3. The number of ether oxygens (including phenoxy) is 2. The highest BCUT2D eigenvalue weighted by Crippen LogP contribution is 2.42. The van der Waals surface area contributed by atoms with Gasteiger partial charge in [-0.25, -0.2) is 0 Å². The van der Waals surface area contributed by atoms with Crippen LogP contribution in [0.1, 0.15) is 21.3 Å². The maximum Gasteiger partial charge on any atom is 0.255 e. The Balaban J connectivity index is 1.62. The molecule has 1 saturated heterocycles. The van der Waals surface area contributed by atoms with Crippen molar-refractivity contribution >= 4 is 17.7 Å². The van der Waals surface area contributed by atoms with Crippen molar-refractivity contribution < 1.29 is 14.3 Å². The smallest absolute Gasteiger partial charge is 0.255 e. The lowest BCUT2D eigenvalue weighted by Gasteiger charge is -2.26. The summed E-state index contributed by atoms with van der Waals surface area (Å²) >= 11 is 1.79. The number of fused-ring (bicyclic) bond motifs is 1. The fourth-order valence-corrected chi connectivity index (χ4v) is 4.16. The first-order valence-electron chi connectivity index (χ1n) is 7.70. The van der Waals surface area contributed by atoms with Gasteiger partial charge in [-0.2, -0.15) is 0 Å². The fraction of sp³-hybridized carbons (Fsp3) is 0.278. The van der Waals surface area contributed by atoms with Crippen molar-refractivity contribution in [3.8, 4) is 11.5 Å². The lowest BCUT2D eigenvalue weighted by atomic mass is 10.1. The number of carbonyl (C=O) groups is 1. The van der Waals surface area contributed by atoms with E-state index in [-0.39, 0.29) is 11.3 Å². The zero-order valence-corrected chi connectivity index (χ0v) is 13.4. The average Bonchev–Trinajstić information content (AvgIpc) is 3.11. The van der Waals surface area contributed by atoms with E-state index in [4.69, 9.17) is 9.47 Å².